The van der Waals surface area contributed by atoms with E-state index in [0.29, 0.717) is 6.04 Å². The molecule has 2 rings (SSSR count). The Balaban J connectivity index is 2.15. The summed E-state index contributed by atoms with van der Waals surface area (Å²) < 4.78 is 5.19. The lowest BCUT2D eigenvalue weighted by atomic mass is 9.86. The summed E-state index contributed by atoms with van der Waals surface area (Å²) in [7, 11) is 3.82. The van der Waals surface area contributed by atoms with Crippen LogP contribution in [-0.2, 0) is 0 Å². The van der Waals surface area contributed by atoms with Gasteiger partial charge >= 0.3 is 0 Å². The zero-order chi connectivity index (χ0) is 13.1. The summed E-state index contributed by atoms with van der Waals surface area (Å²) in [6.45, 7) is 2.34. The van der Waals surface area contributed by atoms with Crippen LogP contribution in [0, 0.1) is 5.92 Å². The van der Waals surface area contributed by atoms with Crippen molar-refractivity contribution in [1.29, 1.82) is 0 Å². The predicted molar refractivity (Wildman–Crippen MR) is 77.2 cm³/mol. The summed E-state index contributed by atoms with van der Waals surface area (Å²) in [5, 5.41) is 0. The number of nitrogens with zero attached hydrogens (tertiary/aromatic N) is 1. The van der Waals surface area contributed by atoms with Crippen molar-refractivity contribution < 1.29 is 4.74 Å². The van der Waals surface area contributed by atoms with E-state index in [2.05, 4.69) is 24.9 Å². The summed E-state index contributed by atoms with van der Waals surface area (Å²) in [6, 6.07) is 6.56. The van der Waals surface area contributed by atoms with Gasteiger partial charge in [0.1, 0.15) is 5.75 Å². The van der Waals surface area contributed by atoms with Crippen molar-refractivity contribution in [2.75, 3.05) is 24.8 Å². The Hall–Kier alpha value is -1.38. The summed E-state index contributed by atoms with van der Waals surface area (Å²) in [6.07, 6.45) is 5.23. The summed E-state index contributed by atoms with van der Waals surface area (Å²) >= 11 is 0. The maximum absolute atomic E-state index is 6.12. The molecule has 3 heteroatoms. The summed E-state index contributed by atoms with van der Waals surface area (Å²) in [5.41, 5.74) is 8.04. The highest BCUT2D eigenvalue weighted by molar-refractivity contribution is 5.69. The number of nitrogens with two attached hydrogens (primary N) is 1. The Morgan fingerprint density at radius 1 is 1.33 bits per heavy atom. The topological polar surface area (TPSA) is 38.5 Å². The number of hydrogen-bond acceptors (Lipinski definition) is 3. The maximum atomic E-state index is 6.12. The third-order valence-electron chi connectivity index (χ3n) is 4.07. The fraction of sp³-hybridized carbons (Fsp3) is 0.600. The quantitative estimate of drug-likeness (QED) is 0.834. The number of nitrogen functional groups attached to an aromatic ring is 1. The molecule has 1 aliphatic carbocycles. The molecule has 1 aromatic rings. The Morgan fingerprint density at radius 2 is 2.11 bits per heavy atom. The lowest BCUT2D eigenvalue weighted by Gasteiger charge is -2.36. The van der Waals surface area contributed by atoms with Crippen molar-refractivity contribution in [3.8, 4) is 5.75 Å². The van der Waals surface area contributed by atoms with Crippen LogP contribution in [0.1, 0.15) is 32.6 Å². The van der Waals surface area contributed by atoms with E-state index < -0.39 is 0 Å². The molecular formula is C15H24N2O. The van der Waals surface area contributed by atoms with Gasteiger partial charge in [-0.2, -0.15) is 0 Å². The van der Waals surface area contributed by atoms with E-state index in [9.17, 15) is 0 Å². The first kappa shape index (κ1) is 13.1. The molecule has 0 radical (unpaired) electrons. The van der Waals surface area contributed by atoms with Crippen LogP contribution in [0.15, 0.2) is 18.2 Å². The highest BCUT2D eigenvalue weighted by Crippen LogP contribution is 2.33. The SMILES string of the molecule is COc1ccc(N(C)C2CCCC(C)C2)c(N)c1. The van der Waals surface area contributed by atoms with Gasteiger partial charge in [0.2, 0.25) is 0 Å². The van der Waals surface area contributed by atoms with E-state index in [1.165, 1.54) is 25.7 Å². The molecular weight excluding hydrogens is 224 g/mol. The second-order valence-electron chi connectivity index (χ2n) is 5.46. The van der Waals surface area contributed by atoms with Gasteiger partial charge in [-0.1, -0.05) is 19.8 Å². The van der Waals surface area contributed by atoms with Crippen LogP contribution in [-0.4, -0.2) is 20.2 Å². The fourth-order valence-corrected chi connectivity index (χ4v) is 2.93. The first-order valence-corrected chi connectivity index (χ1v) is 6.78. The molecule has 0 bridgehead atoms. The average Bonchev–Trinajstić information content (AvgIpc) is 2.37. The van der Waals surface area contributed by atoms with E-state index in [1.54, 1.807) is 7.11 Å². The second-order valence-corrected chi connectivity index (χ2v) is 5.46. The molecule has 0 heterocycles. The van der Waals surface area contributed by atoms with Gasteiger partial charge in [0.15, 0.2) is 0 Å². The Bertz CT molecular complexity index is 405. The van der Waals surface area contributed by atoms with E-state index in [0.717, 1.165) is 23.0 Å². The molecule has 1 fully saturated rings. The Morgan fingerprint density at radius 3 is 2.72 bits per heavy atom. The number of anilines is 2. The van der Waals surface area contributed by atoms with E-state index >= 15 is 0 Å². The monoisotopic (exact) mass is 248 g/mol. The van der Waals surface area contributed by atoms with Crippen LogP contribution in [0.5, 0.6) is 5.75 Å². The van der Waals surface area contributed by atoms with Crippen molar-refractivity contribution in [3.05, 3.63) is 18.2 Å². The van der Waals surface area contributed by atoms with Gasteiger partial charge in [0, 0.05) is 19.2 Å². The van der Waals surface area contributed by atoms with E-state index in [1.807, 2.05) is 12.1 Å². The molecule has 1 saturated carbocycles. The van der Waals surface area contributed by atoms with Gasteiger partial charge in [0.05, 0.1) is 18.5 Å². The van der Waals surface area contributed by atoms with Crippen LogP contribution in [0.4, 0.5) is 11.4 Å². The highest BCUT2D eigenvalue weighted by Gasteiger charge is 2.23. The smallest absolute Gasteiger partial charge is 0.121 e. The number of ether oxygens (including phenoxy) is 1. The minimum atomic E-state index is 0.615. The van der Waals surface area contributed by atoms with E-state index in [-0.39, 0.29) is 0 Å². The Labute approximate surface area is 110 Å². The first-order chi connectivity index (χ1) is 8.61. The van der Waals surface area contributed by atoms with Crippen molar-refractivity contribution in [1.82, 2.24) is 0 Å². The molecule has 0 amide bonds. The van der Waals surface area contributed by atoms with Gasteiger partial charge in [-0.3, -0.25) is 0 Å². The van der Waals surface area contributed by atoms with Gasteiger partial charge in [-0.05, 0) is 30.9 Å². The molecule has 100 valence electrons. The van der Waals surface area contributed by atoms with Gasteiger partial charge in [-0.15, -0.1) is 0 Å². The summed E-state index contributed by atoms with van der Waals surface area (Å²) in [5.74, 6) is 1.65. The molecule has 0 aliphatic heterocycles. The summed E-state index contributed by atoms with van der Waals surface area (Å²) in [4.78, 5) is 2.34. The van der Waals surface area contributed by atoms with Crippen LogP contribution in [0.25, 0.3) is 0 Å². The van der Waals surface area contributed by atoms with Crippen LogP contribution in [0.2, 0.25) is 0 Å². The number of hydrogen-bond donors (Lipinski definition) is 1. The molecule has 0 saturated heterocycles. The highest BCUT2D eigenvalue weighted by atomic mass is 16.5. The average molecular weight is 248 g/mol. The third kappa shape index (κ3) is 2.71. The molecule has 1 aliphatic rings. The molecule has 2 atom stereocenters. The lowest BCUT2D eigenvalue weighted by molar-refractivity contribution is 0.336. The molecule has 0 spiro atoms. The van der Waals surface area contributed by atoms with Crippen molar-refractivity contribution >= 4 is 11.4 Å². The fourth-order valence-electron chi connectivity index (χ4n) is 2.93. The Kier molecular flexibility index (Phi) is 4.00. The first-order valence-electron chi connectivity index (χ1n) is 6.78. The zero-order valence-electron chi connectivity index (χ0n) is 11.6. The van der Waals surface area contributed by atoms with Gasteiger partial charge in [-0.25, -0.2) is 0 Å². The standard InChI is InChI=1S/C15H24N2O/c1-11-5-4-6-12(9-11)17(2)15-8-7-13(18-3)10-14(15)16/h7-8,10-12H,4-6,9,16H2,1-3H3. The van der Waals surface area contributed by atoms with Gasteiger partial charge in [0.25, 0.3) is 0 Å². The molecule has 3 nitrogen and oxygen atoms in total. The minimum Gasteiger partial charge on any atom is -0.497 e. The normalized spacial score (nSPS) is 23.7. The molecule has 1 aromatic carbocycles. The third-order valence-corrected chi connectivity index (χ3v) is 4.07. The predicted octanol–water partition coefficient (Wildman–Crippen LogP) is 3.29. The zero-order valence-corrected chi connectivity index (χ0v) is 11.6. The number of methoxy groups -OCH3 is 1. The molecule has 2 unspecified atom stereocenters. The number of benzene rings is 1. The van der Waals surface area contributed by atoms with Crippen LogP contribution >= 0.6 is 0 Å². The molecule has 0 aromatic heterocycles. The van der Waals surface area contributed by atoms with Gasteiger partial charge < -0.3 is 15.4 Å². The van der Waals surface area contributed by atoms with E-state index in [4.69, 9.17) is 10.5 Å². The number of rotatable bonds is 3. The van der Waals surface area contributed by atoms with Crippen molar-refractivity contribution in [2.24, 2.45) is 5.92 Å². The lowest BCUT2D eigenvalue weighted by Crippen LogP contribution is -2.35. The second kappa shape index (κ2) is 5.51. The minimum absolute atomic E-state index is 0.615. The van der Waals surface area contributed by atoms with Crippen LogP contribution in [0.3, 0.4) is 0 Å². The molecule has 18 heavy (non-hydrogen) atoms. The molecule has 2 N–H and O–H groups in total. The maximum Gasteiger partial charge on any atom is 0.121 e. The van der Waals surface area contributed by atoms with Crippen LogP contribution < -0.4 is 15.4 Å². The van der Waals surface area contributed by atoms with Crippen molar-refractivity contribution in [2.45, 2.75) is 38.6 Å². The van der Waals surface area contributed by atoms with Crippen molar-refractivity contribution in [3.63, 3.8) is 0 Å². The largest absolute Gasteiger partial charge is 0.497 e.